The van der Waals surface area contributed by atoms with E-state index >= 15 is 0 Å². The van der Waals surface area contributed by atoms with Gasteiger partial charge in [0, 0.05) is 11.8 Å². The number of aliphatic hydroxyl groups excluding tert-OH is 2. The Morgan fingerprint density at radius 2 is 2.04 bits per heavy atom. The van der Waals surface area contributed by atoms with Crippen molar-refractivity contribution in [3.8, 4) is 0 Å². The minimum absolute atomic E-state index is 0. The van der Waals surface area contributed by atoms with Crippen molar-refractivity contribution >= 4 is 35.2 Å². The molecule has 1 fully saturated rings. The Balaban J connectivity index is 0.00000261. The molecule has 1 aliphatic rings. The first kappa shape index (κ1) is 21.3. The Bertz CT molecular complexity index is 800. The molecular formula is C16H25ClN6O4. The van der Waals surface area contributed by atoms with Crippen LogP contribution in [-0.4, -0.2) is 62.0 Å². The molecule has 0 unspecified atom stereocenters. The SMILES string of the molecule is CC(C)[C@H](N)C(=O)OC[C@H]1N[C@@H](c2c[nH]c3c(N)ncnc23)[C@H](O)[C@@H]1O.Cl. The normalized spacial score (nSPS) is 26.1. The second kappa shape index (κ2) is 8.36. The summed E-state index contributed by atoms with van der Waals surface area (Å²) < 4.78 is 5.19. The van der Waals surface area contributed by atoms with Crippen molar-refractivity contribution in [3.05, 3.63) is 18.1 Å². The van der Waals surface area contributed by atoms with Gasteiger partial charge in [-0.2, -0.15) is 0 Å². The summed E-state index contributed by atoms with van der Waals surface area (Å²) >= 11 is 0. The van der Waals surface area contributed by atoms with E-state index in [0.717, 1.165) is 0 Å². The maximum atomic E-state index is 11.9. The minimum Gasteiger partial charge on any atom is -0.463 e. The molecule has 0 bridgehead atoms. The number of carbonyl (C=O) groups excluding carboxylic acids is 1. The maximum Gasteiger partial charge on any atom is 0.323 e. The van der Waals surface area contributed by atoms with Crippen LogP contribution in [0.25, 0.3) is 11.0 Å². The molecule has 2 aromatic rings. The van der Waals surface area contributed by atoms with Crippen LogP contribution in [0.3, 0.4) is 0 Å². The average Bonchev–Trinajstić information content (AvgIpc) is 3.15. The molecule has 1 aliphatic heterocycles. The molecule has 3 heterocycles. The first-order valence-electron chi connectivity index (χ1n) is 8.43. The van der Waals surface area contributed by atoms with E-state index in [4.69, 9.17) is 16.2 Å². The van der Waals surface area contributed by atoms with Crippen molar-refractivity contribution in [2.24, 2.45) is 11.7 Å². The van der Waals surface area contributed by atoms with Crippen molar-refractivity contribution in [1.29, 1.82) is 0 Å². The number of rotatable bonds is 5. The van der Waals surface area contributed by atoms with Gasteiger partial charge < -0.3 is 31.4 Å². The molecule has 10 nitrogen and oxygen atoms in total. The van der Waals surface area contributed by atoms with Crippen molar-refractivity contribution < 1.29 is 19.7 Å². The maximum absolute atomic E-state index is 11.9. The summed E-state index contributed by atoms with van der Waals surface area (Å²) in [4.78, 5) is 23.0. The fourth-order valence-corrected chi connectivity index (χ4v) is 3.04. The van der Waals surface area contributed by atoms with Crippen LogP contribution < -0.4 is 16.8 Å². The topological polar surface area (TPSA) is 172 Å². The predicted molar refractivity (Wildman–Crippen MR) is 101 cm³/mol. The van der Waals surface area contributed by atoms with Crippen LogP contribution in [0.5, 0.6) is 0 Å². The van der Waals surface area contributed by atoms with Gasteiger partial charge >= 0.3 is 5.97 Å². The van der Waals surface area contributed by atoms with Crippen molar-refractivity contribution in [2.75, 3.05) is 12.3 Å². The number of aliphatic hydroxyl groups is 2. The molecular weight excluding hydrogens is 376 g/mol. The summed E-state index contributed by atoms with van der Waals surface area (Å²) in [5, 5.41) is 23.8. The Morgan fingerprint density at radius 1 is 1.33 bits per heavy atom. The summed E-state index contributed by atoms with van der Waals surface area (Å²) in [6.07, 6.45) is 0.769. The number of hydrogen-bond donors (Lipinski definition) is 6. The summed E-state index contributed by atoms with van der Waals surface area (Å²) in [5.41, 5.74) is 13.3. The van der Waals surface area contributed by atoms with E-state index in [1.165, 1.54) is 6.33 Å². The minimum atomic E-state index is -1.12. The molecule has 0 radical (unpaired) electrons. The lowest BCUT2D eigenvalue weighted by Crippen LogP contribution is -2.42. The molecule has 0 saturated carbocycles. The van der Waals surface area contributed by atoms with E-state index in [1.54, 1.807) is 6.20 Å². The average molecular weight is 401 g/mol. The number of nitrogens with zero attached hydrogens (tertiary/aromatic N) is 2. The van der Waals surface area contributed by atoms with Crippen molar-refractivity contribution in [2.45, 2.75) is 44.2 Å². The van der Waals surface area contributed by atoms with Crippen LogP contribution in [0.4, 0.5) is 5.82 Å². The summed E-state index contributed by atoms with van der Waals surface area (Å²) in [6.45, 7) is 3.53. The third-order valence-electron chi connectivity index (χ3n) is 4.75. The Labute approximate surface area is 162 Å². The number of aromatic nitrogens is 3. The number of esters is 1. The standard InChI is InChI=1S/C16H24N6O4.ClH/c1-6(2)9(17)16(25)26-4-8-13(23)14(24)11(22-8)7-3-19-12-10(7)20-5-21-15(12)18;/h3,5-6,8-9,11,13-14,19,22-24H,4,17H2,1-2H3,(H2,18,20,21);1H/t8-,9+,11+,13-,14+;/m1./s1. The molecule has 2 aromatic heterocycles. The predicted octanol–water partition coefficient (Wildman–Crippen LogP) is -0.777. The van der Waals surface area contributed by atoms with E-state index in [2.05, 4.69) is 20.3 Å². The number of nitrogens with two attached hydrogens (primary N) is 2. The second-order valence-corrected chi connectivity index (χ2v) is 6.86. The van der Waals surface area contributed by atoms with Crippen LogP contribution in [0, 0.1) is 5.92 Å². The quantitative estimate of drug-likeness (QED) is 0.352. The van der Waals surface area contributed by atoms with Gasteiger partial charge in [0.1, 0.15) is 36.7 Å². The van der Waals surface area contributed by atoms with Crippen LogP contribution >= 0.6 is 12.4 Å². The summed E-state index contributed by atoms with van der Waals surface area (Å²) in [6, 6.07) is -1.97. The lowest BCUT2D eigenvalue weighted by molar-refractivity contribution is -0.147. The van der Waals surface area contributed by atoms with Gasteiger partial charge in [-0.3, -0.25) is 10.1 Å². The molecule has 5 atom stereocenters. The van der Waals surface area contributed by atoms with Crippen LogP contribution in [0.1, 0.15) is 25.5 Å². The number of anilines is 1. The molecule has 0 spiro atoms. The van der Waals surface area contributed by atoms with E-state index in [0.29, 0.717) is 22.4 Å². The lowest BCUT2D eigenvalue weighted by Gasteiger charge is -2.19. The zero-order valence-corrected chi connectivity index (χ0v) is 15.8. The Kier molecular flexibility index (Phi) is 6.60. The van der Waals surface area contributed by atoms with Crippen LogP contribution in [0.2, 0.25) is 0 Å². The molecule has 1 saturated heterocycles. The van der Waals surface area contributed by atoms with Gasteiger partial charge in [0.25, 0.3) is 0 Å². The summed E-state index contributed by atoms with van der Waals surface area (Å²) in [5.74, 6) is -0.305. The number of nitrogens with one attached hydrogen (secondary N) is 2. The highest BCUT2D eigenvalue weighted by molar-refractivity contribution is 5.87. The van der Waals surface area contributed by atoms with Crippen molar-refractivity contribution in [3.63, 3.8) is 0 Å². The number of ether oxygens (including phenoxy) is 1. The van der Waals surface area contributed by atoms with Crippen LogP contribution in [0.15, 0.2) is 12.5 Å². The zero-order valence-electron chi connectivity index (χ0n) is 15.0. The van der Waals surface area contributed by atoms with E-state index in [-0.39, 0.29) is 24.9 Å². The zero-order chi connectivity index (χ0) is 19.0. The number of aromatic amines is 1. The van der Waals surface area contributed by atoms with Gasteiger partial charge in [0.05, 0.1) is 17.6 Å². The lowest BCUT2D eigenvalue weighted by atomic mass is 10.0. The van der Waals surface area contributed by atoms with Gasteiger partial charge in [0.15, 0.2) is 5.82 Å². The number of halogens is 1. The number of carbonyl (C=O) groups is 1. The summed E-state index contributed by atoms with van der Waals surface area (Å²) in [7, 11) is 0. The highest BCUT2D eigenvalue weighted by atomic mass is 35.5. The fourth-order valence-electron chi connectivity index (χ4n) is 3.04. The smallest absolute Gasteiger partial charge is 0.323 e. The molecule has 0 aliphatic carbocycles. The Hall–Kier alpha value is -1.98. The number of H-pyrrole nitrogens is 1. The van der Waals surface area contributed by atoms with E-state index < -0.39 is 36.3 Å². The van der Waals surface area contributed by atoms with E-state index in [1.807, 2.05) is 13.8 Å². The fraction of sp³-hybridized carbons (Fsp3) is 0.562. The Morgan fingerprint density at radius 3 is 2.70 bits per heavy atom. The van der Waals surface area contributed by atoms with Gasteiger partial charge in [-0.25, -0.2) is 9.97 Å². The van der Waals surface area contributed by atoms with Gasteiger partial charge in [-0.1, -0.05) is 13.8 Å². The third kappa shape index (κ3) is 3.99. The van der Waals surface area contributed by atoms with E-state index in [9.17, 15) is 15.0 Å². The molecule has 27 heavy (non-hydrogen) atoms. The largest absolute Gasteiger partial charge is 0.463 e. The third-order valence-corrected chi connectivity index (χ3v) is 4.75. The van der Waals surface area contributed by atoms with Gasteiger partial charge in [-0.15, -0.1) is 12.4 Å². The number of fused-ring (bicyclic) bond motifs is 1. The monoisotopic (exact) mass is 400 g/mol. The van der Waals surface area contributed by atoms with Crippen LogP contribution in [-0.2, 0) is 9.53 Å². The van der Waals surface area contributed by atoms with Crippen molar-refractivity contribution in [1.82, 2.24) is 20.3 Å². The molecule has 11 heteroatoms. The first-order chi connectivity index (χ1) is 12.3. The number of hydrogen-bond acceptors (Lipinski definition) is 9. The first-order valence-corrected chi connectivity index (χ1v) is 8.43. The molecule has 150 valence electrons. The number of nitrogen functional groups attached to an aromatic ring is 1. The highest BCUT2D eigenvalue weighted by Gasteiger charge is 2.43. The molecule has 0 aromatic carbocycles. The van der Waals surface area contributed by atoms with Gasteiger partial charge in [0.2, 0.25) is 0 Å². The molecule has 3 rings (SSSR count). The molecule has 8 N–H and O–H groups in total. The second-order valence-electron chi connectivity index (χ2n) is 6.86. The highest BCUT2D eigenvalue weighted by Crippen LogP contribution is 2.32. The van der Waals surface area contributed by atoms with Gasteiger partial charge in [-0.05, 0) is 5.92 Å². The molecule has 0 amide bonds.